The smallest absolute Gasteiger partial charge is 0.282 e. The van der Waals surface area contributed by atoms with E-state index in [1.165, 1.54) is 11.8 Å². The molecule has 5 nitrogen and oxygen atoms in total. The molecule has 0 aliphatic heterocycles. The first kappa shape index (κ1) is 11.9. The molecule has 0 amide bonds. The van der Waals surface area contributed by atoms with Crippen LogP contribution in [0.4, 0.5) is 5.82 Å². The van der Waals surface area contributed by atoms with Gasteiger partial charge in [0.05, 0.1) is 0 Å². The molecule has 0 saturated heterocycles. The van der Waals surface area contributed by atoms with Gasteiger partial charge in [-0.25, -0.2) is 4.98 Å². The molecule has 6 heteroatoms. The minimum absolute atomic E-state index is 0.516. The zero-order chi connectivity index (χ0) is 12.1. The maximum atomic E-state index is 5.29. The normalized spacial score (nSPS) is 10.5. The number of nitrogens with zero attached hydrogens (tertiary/aromatic N) is 3. The molecule has 0 radical (unpaired) electrons. The van der Waals surface area contributed by atoms with Gasteiger partial charge in [0.25, 0.3) is 5.22 Å². The Bertz CT molecular complexity index is 486. The highest BCUT2D eigenvalue weighted by molar-refractivity contribution is 7.99. The molecule has 0 spiro atoms. The quantitative estimate of drug-likeness (QED) is 0.880. The Labute approximate surface area is 104 Å². The fourth-order valence-corrected chi connectivity index (χ4v) is 1.95. The fourth-order valence-electron chi connectivity index (χ4n) is 1.23. The van der Waals surface area contributed by atoms with Crippen molar-refractivity contribution < 1.29 is 4.42 Å². The molecule has 0 fully saturated rings. The second kappa shape index (κ2) is 5.67. The highest BCUT2D eigenvalue weighted by Gasteiger charge is 2.06. The van der Waals surface area contributed by atoms with Crippen molar-refractivity contribution >= 4 is 17.6 Å². The summed E-state index contributed by atoms with van der Waals surface area (Å²) < 4.78 is 5.29. The van der Waals surface area contributed by atoms with Crippen LogP contribution in [0.25, 0.3) is 0 Å². The van der Waals surface area contributed by atoms with Gasteiger partial charge in [-0.2, -0.15) is 0 Å². The average Bonchev–Trinajstić information content (AvgIpc) is 2.73. The van der Waals surface area contributed by atoms with Crippen LogP contribution in [0.1, 0.15) is 19.2 Å². The van der Waals surface area contributed by atoms with Crippen LogP contribution in [0.5, 0.6) is 0 Å². The van der Waals surface area contributed by atoms with Crippen molar-refractivity contribution in [2.75, 3.05) is 11.9 Å². The Morgan fingerprint density at radius 1 is 1.35 bits per heavy atom. The standard InChI is InChI=1S/C11H14N4OS/c1-3-7-12-9-5-4-6-10(13-9)17-11-15-14-8(2)16-11/h4-6H,3,7H2,1-2H3,(H,12,13). The average molecular weight is 250 g/mol. The zero-order valence-corrected chi connectivity index (χ0v) is 10.6. The van der Waals surface area contributed by atoms with Crippen LogP contribution >= 0.6 is 11.8 Å². The number of aromatic nitrogens is 3. The van der Waals surface area contributed by atoms with E-state index in [1.54, 1.807) is 6.92 Å². The molecule has 0 unspecified atom stereocenters. The number of hydrogen-bond donors (Lipinski definition) is 1. The van der Waals surface area contributed by atoms with E-state index in [4.69, 9.17) is 4.42 Å². The summed E-state index contributed by atoms with van der Waals surface area (Å²) in [5.74, 6) is 1.43. The van der Waals surface area contributed by atoms with E-state index < -0.39 is 0 Å². The summed E-state index contributed by atoms with van der Waals surface area (Å²) in [6.45, 7) is 4.80. The van der Waals surface area contributed by atoms with Crippen LogP contribution < -0.4 is 5.32 Å². The molecule has 0 aliphatic carbocycles. The molecule has 0 aromatic carbocycles. The molecule has 2 rings (SSSR count). The van der Waals surface area contributed by atoms with Crippen LogP contribution in [0.3, 0.4) is 0 Å². The lowest BCUT2D eigenvalue weighted by Crippen LogP contribution is -2.01. The molecule has 2 heterocycles. The predicted molar refractivity (Wildman–Crippen MR) is 66.2 cm³/mol. The largest absolute Gasteiger partial charge is 0.416 e. The van der Waals surface area contributed by atoms with Gasteiger partial charge in [0, 0.05) is 13.5 Å². The molecule has 0 bridgehead atoms. The lowest BCUT2D eigenvalue weighted by atomic mass is 10.4. The van der Waals surface area contributed by atoms with Gasteiger partial charge < -0.3 is 9.73 Å². The van der Waals surface area contributed by atoms with Gasteiger partial charge >= 0.3 is 0 Å². The van der Waals surface area contributed by atoms with Crippen molar-refractivity contribution in [2.45, 2.75) is 30.5 Å². The molecule has 0 aliphatic rings. The number of anilines is 1. The van der Waals surface area contributed by atoms with Gasteiger partial charge in [0.15, 0.2) is 0 Å². The summed E-state index contributed by atoms with van der Waals surface area (Å²) in [7, 11) is 0. The fraction of sp³-hybridized carbons (Fsp3) is 0.364. The van der Waals surface area contributed by atoms with Crippen molar-refractivity contribution in [1.29, 1.82) is 0 Å². The summed E-state index contributed by atoms with van der Waals surface area (Å²) in [6, 6.07) is 5.82. The van der Waals surface area contributed by atoms with E-state index in [1.807, 2.05) is 18.2 Å². The molecular formula is C11H14N4OS. The first-order chi connectivity index (χ1) is 8.28. The summed E-state index contributed by atoms with van der Waals surface area (Å²) in [6.07, 6.45) is 1.07. The Hall–Kier alpha value is -1.56. The SMILES string of the molecule is CCCNc1cccc(Sc2nnc(C)o2)n1. The zero-order valence-electron chi connectivity index (χ0n) is 9.80. The number of rotatable bonds is 5. The minimum atomic E-state index is 0.516. The molecule has 0 atom stereocenters. The number of pyridine rings is 1. The number of nitrogens with one attached hydrogen (secondary N) is 1. The van der Waals surface area contributed by atoms with Crippen molar-refractivity contribution in [3.8, 4) is 0 Å². The van der Waals surface area contributed by atoms with Gasteiger partial charge in [-0.15, -0.1) is 10.2 Å². The molecule has 2 aromatic rings. The monoisotopic (exact) mass is 250 g/mol. The van der Waals surface area contributed by atoms with E-state index in [0.29, 0.717) is 11.1 Å². The number of hydrogen-bond acceptors (Lipinski definition) is 6. The highest BCUT2D eigenvalue weighted by atomic mass is 32.2. The second-order valence-corrected chi connectivity index (χ2v) is 4.45. The van der Waals surface area contributed by atoms with Crippen LogP contribution in [-0.4, -0.2) is 21.7 Å². The first-order valence-corrected chi connectivity index (χ1v) is 6.28. The van der Waals surface area contributed by atoms with Crippen LogP contribution in [-0.2, 0) is 0 Å². The van der Waals surface area contributed by atoms with Crippen LogP contribution in [0.2, 0.25) is 0 Å². The first-order valence-electron chi connectivity index (χ1n) is 5.47. The summed E-state index contributed by atoms with van der Waals surface area (Å²) >= 11 is 1.36. The highest BCUT2D eigenvalue weighted by Crippen LogP contribution is 2.25. The molecule has 17 heavy (non-hydrogen) atoms. The van der Waals surface area contributed by atoms with Crippen LogP contribution in [0, 0.1) is 6.92 Å². The lowest BCUT2D eigenvalue weighted by molar-refractivity contribution is 0.429. The Morgan fingerprint density at radius 3 is 2.94 bits per heavy atom. The third kappa shape index (κ3) is 3.45. The topological polar surface area (TPSA) is 63.8 Å². The molecule has 0 saturated carbocycles. The Balaban J connectivity index is 2.05. The van der Waals surface area contributed by atoms with Crippen LogP contribution in [0.15, 0.2) is 32.9 Å². The maximum Gasteiger partial charge on any atom is 0.282 e. The minimum Gasteiger partial charge on any atom is -0.416 e. The molecule has 90 valence electrons. The van der Waals surface area contributed by atoms with Gasteiger partial charge in [-0.3, -0.25) is 0 Å². The summed E-state index contributed by atoms with van der Waals surface area (Å²) in [5, 5.41) is 12.3. The van der Waals surface area contributed by atoms with Crippen molar-refractivity contribution in [3.63, 3.8) is 0 Å². The predicted octanol–water partition coefficient (Wildman–Crippen LogP) is 2.75. The van der Waals surface area contributed by atoms with E-state index in [9.17, 15) is 0 Å². The van der Waals surface area contributed by atoms with E-state index in [0.717, 1.165) is 23.8 Å². The molecular weight excluding hydrogens is 236 g/mol. The van der Waals surface area contributed by atoms with E-state index >= 15 is 0 Å². The van der Waals surface area contributed by atoms with E-state index in [2.05, 4.69) is 27.4 Å². The lowest BCUT2D eigenvalue weighted by Gasteiger charge is -2.04. The third-order valence-corrected chi connectivity index (χ3v) is 2.76. The second-order valence-electron chi connectivity index (χ2n) is 3.48. The van der Waals surface area contributed by atoms with Crippen molar-refractivity contribution in [1.82, 2.24) is 15.2 Å². The Morgan fingerprint density at radius 2 is 2.24 bits per heavy atom. The van der Waals surface area contributed by atoms with Crippen molar-refractivity contribution in [2.24, 2.45) is 0 Å². The molecule has 2 aromatic heterocycles. The Kier molecular flexibility index (Phi) is 3.98. The van der Waals surface area contributed by atoms with Gasteiger partial charge in [0.2, 0.25) is 5.89 Å². The summed E-state index contributed by atoms with van der Waals surface area (Å²) in [5.41, 5.74) is 0. The van der Waals surface area contributed by atoms with E-state index in [-0.39, 0.29) is 0 Å². The third-order valence-electron chi connectivity index (χ3n) is 1.98. The molecule has 1 N–H and O–H groups in total. The number of aryl methyl sites for hydroxylation is 1. The van der Waals surface area contributed by atoms with Gasteiger partial charge in [-0.05, 0) is 30.3 Å². The van der Waals surface area contributed by atoms with Crippen molar-refractivity contribution in [3.05, 3.63) is 24.1 Å². The van der Waals surface area contributed by atoms with Gasteiger partial charge in [-0.1, -0.05) is 13.0 Å². The summed E-state index contributed by atoms with van der Waals surface area (Å²) in [4.78, 5) is 4.44. The van der Waals surface area contributed by atoms with Gasteiger partial charge in [0.1, 0.15) is 10.8 Å². The maximum absolute atomic E-state index is 5.29.